The van der Waals surface area contributed by atoms with Crippen LogP contribution in [0.5, 0.6) is 0 Å². The number of amides is 1. The van der Waals surface area contributed by atoms with Gasteiger partial charge in [0.25, 0.3) is 15.9 Å². The van der Waals surface area contributed by atoms with Crippen LogP contribution in [0.4, 0.5) is 19.1 Å². The summed E-state index contributed by atoms with van der Waals surface area (Å²) in [7, 11) is -4.05. The maximum absolute atomic E-state index is 13.5. The van der Waals surface area contributed by atoms with Gasteiger partial charge < -0.3 is 4.52 Å². The highest BCUT2D eigenvalue weighted by Crippen LogP contribution is 2.41. The normalized spacial score (nSPS) is 16.9. The minimum absolute atomic E-state index is 0.0478. The second-order valence-electron chi connectivity index (χ2n) is 10.9. The minimum atomic E-state index is -4.35. The first kappa shape index (κ1) is 29.8. The van der Waals surface area contributed by atoms with Gasteiger partial charge in [-0.2, -0.15) is 13.2 Å². The molecule has 1 amide bonds. The van der Waals surface area contributed by atoms with Crippen LogP contribution in [0.2, 0.25) is 0 Å². The van der Waals surface area contributed by atoms with Crippen molar-refractivity contribution in [2.45, 2.75) is 88.9 Å². The monoisotopic (exact) mass is 602 g/mol. The molecule has 1 N–H and O–H groups in total. The first-order valence-electron chi connectivity index (χ1n) is 14.0. The lowest BCUT2D eigenvalue weighted by Crippen LogP contribution is -2.40. The second kappa shape index (κ2) is 11.2. The highest BCUT2D eigenvalue weighted by atomic mass is 32.2. The molecule has 2 heterocycles. The molecule has 1 aromatic heterocycles. The van der Waals surface area contributed by atoms with Crippen molar-refractivity contribution >= 4 is 27.7 Å². The number of halogens is 3. The van der Waals surface area contributed by atoms with E-state index in [9.17, 15) is 26.4 Å². The van der Waals surface area contributed by atoms with Gasteiger partial charge in [-0.15, -0.1) is 0 Å². The third kappa shape index (κ3) is 5.81. The molecule has 1 spiro atoms. The van der Waals surface area contributed by atoms with Crippen molar-refractivity contribution in [2.75, 3.05) is 4.72 Å². The predicted octanol–water partition coefficient (Wildman–Crippen LogP) is 6.72. The molecule has 12 heteroatoms. The van der Waals surface area contributed by atoms with Crippen LogP contribution in [-0.4, -0.2) is 41.9 Å². The number of aromatic nitrogens is 1. The van der Waals surface area contributed by atoms with E-state index in [1.54, 1.807) is 44.2 Å². The lowest BCUT2D eigenvalue weighted by atomic mass is 9.95. The molecule has 3 aromatic rings. The number of aliphatic imine (C=N–C) groups is 1. The standard InChI is InChI=1S/C30H33F3N4O4S/c1-4-22-17-21(18-37-26(13-16-30(31,32)33)34-29(28(37)38)14-7-8-15-29)11-12-23(22)24-9-5-6-10-25(24)42(39,40)36-27-19(2)20(3)35-41-27/h5-6,9-12,17,36H,4,7-8,13-16,18H2,1-3H3. The molecule has 5 rings (SSSR count). The van der Waals surface area contributed by atoms with E-state index in [-0.39, 0.29) is 35.5 Å². The number of aryl methyl sites for hydroxylation is 2. The van der Waals surface area contributed by atoms with E-state index in [0.29, 0.717) is 41.6 Å². The van der Waals surface area contributed by atoms with E-state index in [0.717, 1.165) is 24.0 Å². The predicted molar refractivity (Wildman–Crippen MR) is 153 cm³/mol. The molecule has 8 nitrogen and oxygen atoms in total. The molecule has 1 fully saturated rings. The van der Waals surface area contributed by atoms with E-state index in [2.05, 4.69) is 14.9 Å². The van der Waals surface area contributed by atoms with Crippen LogP contribution in [-0.2, 0) is 27.8 Å². The van der Waals surface area contributed by atoms with Crippen LogP contribution < -0.4 is 4.72 Å². The summed E-state index contributed by atoms with van der Waals surface area (Å²) < 4.78 is 73.8. The number of rotatable bonds is 9. The van der Waals surface area contributed by atoms with Gasteiger partial charge in [0, 0.05) is 17.5 Å². The second-order valence-corrected chi connectivity index (χ2v) is 12.6. The fourth-order valence-corrected chi connectivity index (χ4v) is 6.98. The van der Waals surface area contributed by atoms with Crippen molar-refractivity contribution in [1.82, 2.24) is 10.1 Å². The van der Waals surface area contributed by atoms with Gasteiger partial charge >= 0.3 is 6.18 Å². The van der Waals surface area contributed by atoms with Gasteiger partial charge in [0.05, 0.1) is 23.6 Å². The number of hydrogen-bond acceptors (Lipinski definition) is 6. The molecule has 0 saturated heterocycles. The number of sulfonamides is 1. The van der Waals surface area contributed by atoms with Gasteiger partial charge in [0.1, 0.15) is 11.4 Å². The number of anilines is 1. The maximum Gasteiger partial charge on any atom is 0.389 e. The average molecular weight is 603 g/mol. The summed E-state index contributed by atoms with van der Waals surface area (Å²) >= 11 is 0. The smallest absolute Gasteiger partial charge is 0.337 e. The quantitative estimate of drug-likeness (QED) is 0.293. The highest BCUT2D eigenvalue weighted by Gasteiger charge is 2.49. The lowest BCUT2D eigenvalue weighted by Gasteiger charge is -2.23. The Morgan fingerprint density at radius 3 is 2.43 bits per heavy atom. The van der Waals surface area contributed by atoms with E-state index in [4.69, 9.17) is 4.52 Å². The molecule has 0 unspecified atom stereocenters. The zero-order valence-corrected chi connectivity index (χ0v) is 24.5. The molecule has 42 heavy (non-hydrogen) atoms. The molecule has 0 atom stereocenters. The van der Waals surface area contributed by atoms with E-state index in [1.165, 1.54) is 11.0 Å². The van der Waals surface area contributed by atoms with Gasteiger partial charge in [-0.05, 0) is 55.9 Å². The summed E-state index contributed by atoms with van der Waals surface area (Å²) in [5.41, 5.74) is 2.95. The minimum Gasteiger partial charge on any atom is -0.337 e. The molecular formula is C30H33F3N4O4S. The highest BCUT2D eigenvalue weighted by molar-refractivity contribution is 7.92. The SMILES string of the molecule is CCc1cc(CN2C(=O)C3(CCCC3)N=C2CCC(F)(F)F)ccc1-c1ccccc1S(=O)(=O)Nc1onc(C)c1C. The Morgan fingerprint density at radius 2 is 1.79 bits per heavy atom. The van der Waals surface area contributed by atoms with Crippen molar-refractivity contribution in [3.8, 4) is 11.1 Å². The van der Waals surface area contributed by atoms with E-state index < -0.39 is 28.2 Å². The van der Waals surface area contributed by atoms with Crippen molar-refractivity contribution in [3.63, 3.8) is 0 Å². The Labute approximate surface area is 243 Å². The van der Waals surface area contributed by atoms with E-state index >= 15 is 0 Å². The lowest BCUT2D eigenvalue weighted by molar-refractivity contribution is -0.135. The van der Waals surface area contributed by atoms with Gasteiger partial charge in [-0.25, -0.2) is 13.1 Å². The zero-order chi connectivity index (χ0) is 30.3. The number of benzene rings is 2. The van der Waals surface area contributed by atoms with Gasteiger partial charge in [0.15, 0.2) is 0 Å². The summed E-state index contributed by atoms with van der Waals surface area (Å²) in [6, 6.07) is 12.1. The Bertz CT molecular complexity index is 1640. The zero-order valence-electron chi connectivity index (χ0n) is 23.7. The van der Waals surface area contributed by atoms with E-state index in [1.807, 2.05) is 13.0 Å². The number of nitrogens with zero attached hydrogens (tertiary/aromatic N) is 3. The Hall–Kier alpha value is -3.67. The van der Waals surface area contributed by atoms with Gasteiger partial charge in [0.2, 0.25) is 5.88 Å². The van der Waals surface area contributed by atoms with Gasteiger partial charge in [-0.1, -0.05) is 61.3 Å². The Balaban J connectivity index is 1.45. The van der Waals surface area contributed by atoms with Crippen molar-refractivity contribution in [3.05, 3.63) is 64.8 Å². The molecule has 1 saturated carbocycles. The number of carbonyl (C=O) groups is 1. The number of hydrogen-bond donors (Lipinski definition) is 1. The van der Waals surface area contributed by atoms with Crippen LogP contribution in [0.15, 0.2) is 56.9 Å². The fourth-order valence-electron chi connectivity index (χ4n) is 5.71. The Morgan fingerprint density at radius 1 is 1.07 bits per heavy atom. The number of alkyl halides is 3. The third-order valence-corrected chi connectivity index (χ3v) is 9.49. The molecule has 224 valence electrons. The average Bonchev–Trinajstić information content (AvgIpc) is 3.62. The first-order chi connectivity index (χ1) is 19.8. The molecule has 0 radical (unpaired) electrons. The molecule has 2 aliphatic rings. The summed E-state index contributed by atoms with van der Waals surface area (Å²) in [5, 5.41) is 3.82. The molecule has 1 aliphatic heterocycles. The number of nitrogens with one attached hydrogen (secondary N) is 1. The van der Waals surface area contributed by atoms with Crippen LogP contribution in [0.1, 0.15) is 67.8 Å². The first-order valence-corrected chi connectivity index (χ1v) is 15.5. The fraction of sp³-hybridized carbons (Fsp3) is 0.433. The summed E-state index contributed by atoms with van der Waals surface area (Å²) in [5.74, 6) is -0.00626. The summed E-state index contributed by atoms with van der Waals surface area (Å²) in [6.45, 7) is 5.45. The topological polar surface area (TPSA) is 105 Å². The molecular weight excluding hydrogens is 569 g/mol. The number of carbonyl (C=O) groups excluding carboxylic acids is 1. The van der Waals surface area contributed by atoms with Crippen LogP contribution in [0.3, 0.4) is 0 Å². The Kier molecular flexibility index (Phi) is 7.95. The van der Waals surface area contributed by atoms with Crippen molar-refractivity contribution < 1.29 is 30.9 Å². The maximum atomic E-state index is 13.5. The van der Waals surface area contributed by atoms with Gasteiger partial charge in [-0.3, -0.25) is 14.7 Å². The van der Waals surface area contributed by atoms with Crippen LogP contribution in [0.25, 0.3) is 11.1 Å². The molecule has 0 bridgehead atoms. The largest absolute Gasteiger partial charge is 0.389 e. The summed E-state index contributed by atoms with van der Waals surface area (Å²) in [4.78, 5) is 19.5. The molecule has 2 aromatic carbocycles. The van der Waals surface area contributed by atoms with Crippen LogP contribution in [0, 0.1) is 13.8 Å². The number of amidine groups is 1. The third-order valence-electron chi connectivity index (χ3n) is 8.10. The molecule has 1 aliphatic carbocycles. The van der Waals surface area contributed by atoms with Crippen LogP contribution >= 0.6 is 0 Å². The summed E-state index contributed by atoms with van der Waals surface area (Å²) in [6.07, 6.45) is -2.47. The van der Waals surface area contributed by atoms with Crippen molar-refractivity contribution in [2.24, 2.45) is 4.99 Å². The van der Waals surface area contributed by atoms with Crippen molar-refractivity contribution in [1.29, 1.82) is 0 Å².